The molecule has 1 heterocycles. The van der Waals surface area contributed by atoms with Crippen molar-refractivity contribution in [1.29, 1.82) is 0 Å². The molecule has 0 aliphatic rings. The van der Waals surface area contributed by atoms with Gasteiger partial charge in [-0.25, -0.2) is 4.39 Å². The van der Waals surface area contributed by atoms with Crippen molar-refractivity contribution >= 4 is 34.0 Å². The summed E-state index contributed by atoms with van der Waals surface area (Å²) >= 11 is 1.33. The van der Waals surface area contributed by atoms with Crippen LogP contribution in [0.5, 0.6) is 5.88 Å². The molecule has 0 radical (unpaired) electrons. The van der Waals surface area contributed by atoms with Gasteiger partial charge in [-0.1, -0.05) is 23.9 Å². The molecule has 0 bridgehead atoms. The highest BCUT2D eigenvalue weighted by atomic mass is 32.2. The van der Waals surface area contributed by atoms with Crippen LogP contribution in [0.3, 0.4) is 0 Å². The summed E-state index contributed by atoms with van der Waals surface area (Å²) < 4.78 is 51.9. The Bertz CT molecular complexity index is 1230. The Hall–Kier alpha value is -3.33. The summed E-state index contributed by atoms with van der Waals surface area (Å²) in [5.41, 5.74) is -0.151. The molecule has 0 fully saturated rings. The molecule has 30 heavy (non-hydrogen) atoms. The minimum absolute atomic E-state index is 0.00208. The molecule has 0 saturated heterocycles. The van der Waals surface area contributed by atoms with Gasteiger partial charge in [0.25, 0.3) is 0 Å². The van der Waals surface area contributed by atoms with Gasteiger partial charge in [0.05, 0.1) is 16.8 Å². The first-order chi connectivity index (χ1) is 14.3. The third kappa shape index (κ3) is 4.16. The summed E-state index contributed by atoms with van der Waals surface area (Å²) in [6.07, 6.45) is -4.49. The van der Waals surface area contributed by atoms with Crippen LogP contribution in [-0.2, 0) is 6.18 Å². The second-order valence-electron chi connectivity index (χ2n) is 6.30. The maximum atomic E-state index is 13.2. The van der Waals surface area contributed by atoms with E-state index in [9.17, 15) is 22.7 Å². The zero-order valence-corrected chi connectivity index (χ0v) is 15.9. The minimum atomic E-state index is -4.49. The summed E-state index contributed by atoms with van der Waals surface area (Å²) in [7, 11) is 0. The predicted molar refractivity (Wildman–Crippen MR) is 106 cm³/mol. The number of nitrogens with one attached hydrogen (secondary N) is 1. The lowest BCUT2D eigenvalue weighted by Crippen LogP contribution is -2.03. The Kier molecular flexibility index (Phi) is 5.21. The Morgan fingerprint density at radius 1 is 0.900 bits per heavy atom. The summed E-state index contributed by atoms with van der Waals surface area (Å²) in [4.78, 5) is 4.27. The van der Waals surface area contributed by atoms with Crippen molar-refractivity contribution in [2.75, 3.05) is 0 Å². The number of H-pyrrole nitrogens is 1. The first-order valence-electron chi connectivity index (χ1n) is 8.67. The van der Waals surface area contributed by atoms with Crippen molar-refractivity contribution in [2.24, 2.45) is 10.2 Å². The molecule has 0 aliphatic heterocycles. The number of alkyl halides is 3. The standard InChI is InChI=1S/C21H13F4N3OS/c22-13-7-9-15(10-8-13)30-17-6-2-5-16-18(17)19(20(29)26-16)28-27-14-4-1-3-12(11-14)21(23,24)25/h1-11,26,29H. The van der Waals surface area contributed by atoms with E-state index >= 15 is 0 Å². The first kappa shape index (κ1) is 20.0. The normalized spacial score (nSPS) is 12.1. The average Bonchev–Trinajstić information content (AvgIpc) is 3.04. The molecule has 0 spiro atoms. The van der Waals surface area contributed by atoms with Crippen LogP contribution in [0, 0.1) is 5.82 Å². The van der Waals surface area contributed by atoms with Crippen LogP contribution < -0.4 is 0 Å². The van der Waals surface area contributed by atoms with Gasteiger partial charge in [0.2, 0.25) is 5.88 Å². The molecule has 9 heteroatoms. The van der Waals surface area contributed by atoms with E-state index in [1.807, 2.05) is 0 Å². The number of fused-ring (bicyclic) bond motifs is 1. The SMILES string of the molecule is Oc1[nH]c2cccc(Sc3ccc(F)cc3)c2c1N=Nc1cccc(C(F)(F)F)c1. The van der Waals surface area contributed by atoms with Gasteiger partial charge in [0, 0.05) is 15.2 Å². The summed E-state index contributed by atoms with van der Waals surface area (Å²) in [6.45, 7) is 0. The molecule has 0 unspecified atom stereocenters. The Labute approximate surface area is 172 Å². The van der Waals surface area contributed by atoms with Crippen LogP contribution in [0.25, 0.3) is 10.9 Å². The van der Waals surface area contributed by atoms with Crippen LogP contribution >= 0.6 is 11.8 Å². The van der Waals surface area contributed by atoms with E-state index in [4.69, 9.17) is 0 Å². The number of benzene rings is 3. The van der Waals surface area contributed by atoms with Crippen molar-refractivity contribution in [1.82, 2.24) is 4.98 Å². The van der Waals surface area contributed by atoms with E-state index < -0.39 is 11.7 Å². The monoisotopic (exact) mass is 431 g/mol. The molecule has 2 N–H and O–H groups in total. The second kappa shape index (κ2) is 7.83. The second-order valence-corrected chi connectivity index (χ2v) is 7.42. The quantitative estimate of drug-likeness (QED) is 0.258. The number of aromatic nitrogens is 1. The van der Waals surface area contributed by atoms with Crippen molar-refractivity contribution < 1.29 is 22.7 Å². The molecular formula is C21H13F4N3OS. The molecule has 4 aromatic rings. The number of halogens is 4. The molecular weight excluding hydrogens is 418 g/mol. The number of azo groups is 1. The lowest BCUT2D eigenvalue weighted by atomic mass is 10.2. The van der Waals surface area contributed by atoms with E-state index in [0.717, 1.165) is 17.0 Å². The van der Waals surface area contributed by atoms with E-state index in [2.05, 4.69) is 15.2 Å². The maximum Gasteiger partial charge on any atom is 0.416 e. The van der Waals surface area contributed by atoms with Gasteiger partial charge >= 0.3 is 6.18 Å². The van der Waals surface area contributed by atoms with Gasteiger partial charge in [-0.15, -0.1) is 5.11 Å². The van der Waals surface area contributed by atoms with Gasteiger partial charge < -0.3 is 10.1 Å². The largest absolute Gasteiger partial charge is 0.493 e. The molecule has 152 valence electrons. The highest BCUT2D eigenvalue weighted by molar-refractivity contribution is 7.99. The van der Waals surface area contributed by atoms with Crippen LogP contribution in [0.15, 0.2) is 86.7 Å². The highest BCUT2D eigenvalue weighted by Gasteiger charge is 2.30. The Balaban J connectivity index is 1.73. The molecule has 0 aliphatic carbocycles. The van der Waals surface area contributed by atoms with Crippen molar-refractivity contribution in [3.8, 4) is 5.88 Å². The number of rotatable bonds is 4. The molecule has 4 rings (SSSR count). The van der Waals surface area contributed by atoms with Crippen molar-refractivity contribution in [3.05, 3.63) is 78.1 Å². The van der Waals surface area contributed by atoms with Crippen molar-refractivity contribution in [3.63, 3.8) is 0 Å². The molecule has 0 saturated carbocycles. The number of nitrogens with zero attached hydrogens (tertiary/aromatic N) is 2. The number of hydrogen-bond donors (Lipinski definition) is 2. The van der Waals surface area contributed by atoms with Crippen LogP contribution in [0.2, 0.25) is 0 Å². The summed E-state index contributed by atoms with van der Waals surface area (Å²) in [5, 5.41) is 18.7. The van der Waals surface area contributed by atoms with Gasteiger partial charge in [-0.2, -0.15) is 18.3 Å². The fraction of sp³-hybridized carbons (Fsp3) is 0.0476. The lowest BCUT2D eigenvalue weighted by molar-refractivity contribution is -0.137. The van der Waals surface area contributed by atoms with E-state index in [0.29, 0.717) is 15.8 Å². The number of hydrogen-bond acceptors (Lipinski definition) is 4. The zero-order valence-electron chi connectivity index (χ0n) is 15.1. The summed E-state index contributed by atoms with van der Waals surface area (Å²) in [5.74, 6) is -0.611. The van der Waals surface area contributed by atoms with Crippen LogP contribution in [0.4, 0.5) is 28.9 Å². The lowest BCUT2D eigenvalue weighted by Gasteiger charge is -2.06. The molecule has 4 nitrogen and oxygen atoms in total. The minimum Gasteiger partial charge on any atom is -0.493 e. The van der Waals surface area contributed by atoms with Crippen LogP contribution in [-0.4, -0.2) is 10.1 Å². The fourth-order valence-corrected chi connectivity index (χ4v) is 3.83. The summed E-state index contributed by atoms with van der Waals surface area (Å²) in [6, 6.07) is 15.7. The Morgan fingerprint density at radius 3 is 2.37 bits per heavy atom. The van der Waals surface area contributed by atoms with E-state index in [1.165, 1.54) is 36.0 Å². The maximum absolute atomic E-state index is 13.2. The third-order valence-electron chi connectivity index (χ3n) is 4.22. The smallest absolute Gasteiger partial charge is 0.416 e. The van der Waals surface area contributed by atoms with Gasteiger partial charge in [0.1, 0.15) is 5.82 Å². The van der Waals surface area contributed by atoms with E-state index in [1.54, 1.807) is 30.3 Å². The predicted octanol–water partition coefficient (Wildman–Crippen LogP) is 7.60. The van der Waals surface area contributed by atoms with Crippen molar-refractivity contribution in [2.45, 2.75) is 16.0 Å². The van der Waals surface area contributed by atoms with E-state index in [-0.39, 0.29) is 23.1 Å². The molecule has 3 aromatic carbocycles. The molecule has 0 amide bonds. The number of aromatic hydroxyl groups is 1. The third-order valence-corrected chi connectivity index (χ3v) is 5.29. The number of aromatic amines is 1. The average molecular weight is 431 g/mol. The molecule has 1 aromatic heterocycles. The van der Waals surface area contributed by atoms with Gasteiger partial charge in [-0.3, -0.25) is 0 Å². The fourth-order valence-electron chi connectivity index (χ4n) is 2.85. The molecule has 0 atom stereocenters. The van der Waals surface area contributed by atoms with Gasteiger partial charge in [-0.05, 0) is 54.6 Å². The Morgan fingerprint density at radius 2 is 1.63 bits per heavy atom. The van der Waals surface area contributed by atoms with Gasteiger partial charge in [0.15, 0.2) is 5.69 Å². The topological polar surface area (TPSA) is 60.7 Å². The highest BCUT2D eigenvalue weighted by Crippen LogP contribution is 2.43. The first-order valence-corrected chi connectivity index (χ1v) is 9.49. The van der Waals surface area contributed by atoms with Crippen LogP contribution in [0.1, 0.15) is 5.56 Å². The zero-order chi connectivity index (χ0) is 21.3.